The number of carbonyl (C=O) groups excluding carboxylic acids is 2. The number of ether oxygens (including phenoxy) is 1. The van der Waals surface area contributed by atoms with Crippen LogP contribution in [-0.4, -0.2) is 42.6 Å². The summed E-state index contributed by atoms with van der Waals surface area (Å²) in [4.78, 5) is 25.2. The lowest BCUT2D eigenvalue weighted by Crippen LogP contribution is -2.36. The van der Waals surface area contributed by atoms with Gasteiger partial charge in [0, 0.05) is 25.7 Å². The van der Waals surface area contributed by atoms with Gasteiger partial charge < -0.3 is 15.0 Å². The van der Waals surface area contributed by atoms with E-state index in [2.05, 4.69) is 5.32 Å². The minimum Gasteiger partial charge on any atom is -0.444 e. The van der Waals surface area contributed by atoms with Gasteiger partial charge >= 0.3 is 6.09 Å². The fourth-order valence-corrected chi connectivity index (χ4v) is 1.76. The van der Waals surface area contributed by atoms with Crippen molar-refractivity contribution in [1.82, 2.24) is 10.2 Å². The molecule has 5 nitrogen and oxygen atoms in total. The van der Waals surface area contributed by atoms with Crippen molar-refractivity contribution in [2.75, 3.05) is 20.1 Å². The number of benzene rings is 1. The van der Waals surface area contributed by atoms with Gasteiger partial charge in [0.2, 0.25) is 0 Å². The standard InChI is InChI=1S/C17H26N2O3.2C2H6/c1-13-7-9-14(10-8-13)15(20)18-11-6-12-19(5)16(21)22-17(2,3)4;2*1-2/h7-10H,6,11-12H2,1-5H3,(H,18,20);2*1-2H3. The molecular formula is C21H38N2O3. The molecule has 0 spiro atoms. The van der Waals surface area contributed by atoms with Crippen LogP contribution in [-0.2, 0) is 4.74 Å². The van der Waals surface area contributed by atoms with E-state index in [1.54, 1.807) is 19.2 Å². The number of rotatable bonds is 5. The van der Waals surface area contributed by atoms with Crippen LogP contribution in [0, 0.1) is 6.92 Å². The van der Waals surface area contributed by atoms with E-state index >= 15 is 0 Å². The van der Waals surface area contributed by atoms with E-state index in [4.69, 9.17) is 4.74 Å². The van der Waals surface area contributed by atoms with Crippen LogP contribution in [0.15, 0.2) is 24.3 Å². The first kappa shape index (κ1) is 26.2. The minimum absolute atomic E-state index is 0.0973. The Hall–Kier alpha value is -2.04. The summed E-state index contributed by atoms with van der Waals surface area (Å²) in [5.74, 6) is -0.0973. The summed E-state index contributed by atoms with van der Waals surface area (Å²) >= 11 is 0. The molecule has 26 heavy (non-hydrogen) atoms. The summed E-state index contributed by atoms with van der Waals surface area (Å²) in [7, 11) is 1.69. The highest BCUT2D eigenvalue weighted by molar-refractivity contribution is 5.94. The van der Waals surface area contributed by atoms with Crippen molar-refractivity contribution < 1.29 is 14.3 Å². The van der Waals surface area contributed by atoms with Crippen LogP contribution in [0.2, 0.25) is 0 Å². The maximum absolute atomic E-state index is 11.9. The van der Waals surface area contributed by atoms with E-state index in [1.165, 1.54) is 4.90 Å². The topological polar surface area (TPSA) is 58.6 Å². The molecule has 1 N–H and O–H groups in total. The molecule has 5 heteroatoms. The molecule has 1 aromatic rings. The van der Waals surface area contributed by atoms with Crippen molar-refractivity contribution in [3.05, 3.63) is 35.4 Å². The van der Waals surface area contributed by atoms with Gasteiger partial charge in [-0.1, -0.05) is 45.4 Å². The van der Waals surface area contributed by atoms with Crippen molar-refractivity contribution in [2.24, 2.45) is 0 Å². The zero-order valence-corrected chi connectivity index (χ0v) is 18.1. The van der Waals surface area contributed by atoms with E-state index in [-0.39, 0.29) is 12.0 Å². The molecule has 0 aliphatic carbocycles. The first-order valence-electron chi connectivity index (χ1n) is 9.48. The Labute approximate surface area is 160 Å². The summed E-state index contributed by atoms with van der Waals surface area (Å²) in [6.07, 6.45) is 0.324. The molecule has 0 aliphatic rings. The second-order valence-electron chi connectivity index (χ2n) is 6.38. The average Bonchev–Trinajstić information content (AvgIpc) is 2.61. The zero-order chi connectivity index (χ0) is 20.8. The summed E-state index contributed by atoms with van der Waals surface area (Å²) in [6.45, 7) is 16.5. The Morgan fingerprint density at radius 2 is 1.54 bits per heavy atom. The van der Waals surface area contributed by atoms with Crippen molar-refractivity contribution in [1.29, 1.82) is 0 Å². The van der Waals surface area contributed by atoms with Gasteiger partial charge in [0.05, 0.1) is 0 Å². The predicted octanol–water partition coefficient (Wildman–Crippen LogP) is 5.03. The SMILES string of the molecule is CC.CC.Cc1ccc(C(=O)NCCCN(C)C(=O)OC(C)(C)C)cc1. The fraction of sp³-hybridized carbons (Fsp3) is 0.619. The zero-order valence-electron chi connectivity index (χ0n) is 18.1. The highest BCUT2D eigenvalue weighted by atomic mass is 16.6. The largest absolute Gasteiger partial charge is 0.444 e. The summed E-state index contributed by atoms with van der Waals surface area (Å²) < 4.78 is 5.26. The van der Waals surface area contributed by atoms with Gasteiger partial charge in [-0.05, 0) is 46.2 Å². The molecule has 0 bridgehead atoms. The highest BCUT2D eigenvalue weighted by Gasteiger charge is 2.19. The monoisotopic (exact) mass is 366 g/mol. The Morgan fingerprint density at radius 1 is 1.04 bits per heavy atom. The molecule has 0 saturated carbocycles. The first-order chi connectivity index (χ1) is 12.2. The fourth-order valence-electron chi connectivity index (χ4n) is 1.76. The molecule has 1 rings (SSSR count). The summed E-state index contributed by atoms with van der Waals surface area (Å²) in [6, 6.07) is 7.42. The average molecular weight is 367 g/mol. The van der Waals surface area contributed by atoms with Crippen molar-refractivity contribution in [2.45, 2.75) is 67.4 Å². The van der Waals surface area contributed by atoms with Crippen LogP contribution in [0.5, 0.6) is 0 Å². The van der Waals surface area contributed by atoms with Gasteiger partial charge in [0.15, 0.2) is 0 Å². The van der Waals surface area contributed by atoms with Crippen LogP contribution < -0.4 is 5.32 Å². The van der Waals surface area contributed by atoms with Crippen LogP contribution in [0.4, 0.5) is 4.79 Å². The lowest BCUT2D eigenvalue weighted by molar-refractivity contribution is 0.0297. The lowest BCUT2D eigenvalue weighted by Gasteiger charge is -2.24. The molecule has 0 fully saturated rings. The summed E-state index contributed by atoms with van der Waals surface area (Å²) in [5.41, 5.74) is 1.27. The molecule has 0 aromatic heterocycles. The maximum Gasteiger partial charge on any atom is 0.410 e. The van der Waals surface area contributed by atoms with Crippen LogP contribution in [0.1, 0.15) is 70.8 Å². The van der Waals surface area contributed by atoms with E-state index in [9.17, 15) is 9.59 Å². The van der Waals surface area contributed by atoms with Crippen LogP contribution in [0.3, 0.4) is 0 Å². The van der Waals surface area contributed by atoms with Crippen molar-refractivity contribution in [3.8, 4) is 0 Å². The number of hydrogen-bond acceptors (Lipinski definition) is 3. The van der Waals surface area contributed by atoms with Crippen LogP contribution in [0.25, 0.3) is 0 Å². The molecular weight excluding hydrogens is 328 g/mol. The molecule has 2 amide bonds. The summed E-state index contributed by atoms with van der Waals surface area (Å²) in [5, 5.41) is 2.84. The smallest absolute Gasteiger partial charge is 0.410 e. The van der Waals surface area contributed by atoms with Gasteiger partial charge in [-0.2, -0.15) is 0 Å². The Kier molecular flexibility index (Phi) is 14.3. The van der Waals surface area contributed by atoms with Crippen molar-refractivity contribution in [3.63, 3.8) is 0 Å². The number of aryl methyl sites for hydroxylation is 1. The second-order valence-corrected chi connectivity index (χ2v) is 6.38. The maximum atomic E-state index is 11.9. The predicted molar refractivity (Wildman–Crippen MR) is 110 cm³/mol. The molecule has 0 saturated heterocycles. The normalized spacial score (nSPS) is 9.73. The third-order valence-electron chi connectivity index (χ3n) is 2.97. The third-order valence-corrected chi connectivity index (χ3v) is 2.97. The first-order valence-corrected chi connectivity index (χ1v) is 9.48. The Bertz CT molecular complexity index is 505. The van der Waals surface area contributed by atoms with Gasteiger partial charge in [-0.15, -0.1) is 0 Å². The van der Waals surface area contributed by atoms with E-state index in [0.717, 1.165) is 5.56 Å². The van der Waals surface area contributed by atoms with E-state index in [1.807, 2.05) is 67.5 Å². The molecule has 150 valence electrons. The molecule has 1 aromatic carbocycles. The minimum atomic E-state index is -0.495. The van der Waals surface area contributed by atoms with Crippen LogP contribution >= 0.6 is 0 Å². The van der Waals surface area contributed by atoms with E-state index in [0.29, 0.717) is 25.1 Å². The van der Waals surface area contributed by atoms with Gasteiger partial charge in [-0.25, -0.2) is 4.79 Å². The quantitative estimate of drug-likeness (QED) is 0.743. The highest BCUT2D eigenvalue weighted by Crippen LogP contribution is 2.09. The van der Waals surface area contributed by atoms with Gasteiger partial charge in [-0.3, -0.25) is 4.79 Å². The van der Waals surface area contributed by atoms with Gasteiger partial charge in [0.1, 0.15) is 5.60 Å². The molecule has 0 unspecified atom stereocenters. The molecule has 0 atom stereocenters. The second kappa shape index (κ2) is 14.2. The molecule has 0 aliphatic heterocycles. The number of hydrogen-bond donors (Lipinski definition) is 1. The van der Waals surface area contributed by atoms with Gasteiger partial charge in [0.25, 0.3) is 5.91 Å². The third kappa shape index (κ3) is 12.3. The molecule has 0 radical (unpaired) electrons. The Balaban J connectivity index is 0. The van der Waals surface area contributed by atoms with E-state index < -0.39 is 5.60 Å². The number of nitrogens with one attached hydrogen (secondary N) is 1. The number of nitrogens with zero attached hydrogens (tertiary/aromatic N) is 1. The lowest BCUT2D eigenvalue weighted by atomic mass is 10.1. The number of amides is 2. The number of carbonyl (C=O) groups is 2. The molecule has 0 heterocycles. The Morgan fingerprint density at radius 3 is 2.00 bits per heavy atom. The van der Waals surface area contributed by atoms with Crippen molar-refractivity contribution >= 4 is 12.0 Å².